The Morgan fingerprint density at radius 1 is 1.21 bits per heavy atom. The molecule has 1 aromatic rings. The maximum Gasteiger partial charge on any atom is 0.131 e. The van der Waals surface area contributed by atoms with Gasteiger partial charge in [-0.25, -0.2) is 9.97 Å². The number of nitrogens with zero attached hydrogens (tertiary/aromatic N) is 2. The summed E-state index contributed by atoms with van der Waals surface area (Å²) in [7, 11) is 0. The maximum absolute atomic E-state index is 5.48. The predicted octanol–water partition coefficient (Wildman–Crippen LogP) is 2.25. The fourth-order valence-electron chi connectivity index (χ4n) is 1.47. The van der Waals surface area contributed by atoms with Gasteiger partial charge < -0.3 is 16.4 Å². The van der Waals surface area contributed by atoms with Crippen LogP contribution in [-0.4, -0.2) is 29.6 Å². The molecule has 0 saturated carbocycles. The lowest BCUT2D eigenvalue weighted by molar-refractivity contribution is 0.269. The van der Waals surface area contributed by atoms with Crippen molar-refractivity contribution in [1.82, 2.24) is 9.97 Å². The van der Waals surface area contributed by atoms with E-state index in [4.69, 9.17) is 5.73 Å². The monoisotopic (exact) mass is 265 g/mol. The third kappa shape index (κ3) is 5.03. The van der Waals surface area contributed by atoms with E-state index in [1.54, 1.807) is 0 Å². The second-order valence-corrected chi connectivity index (χ2v) is 5.90. The first-order valence-corrected chi connectivity index (χ1v) is 6.88. The minimum absolute atomic E-state index is 0.226. The molecule has 1 rings (SSSR count). The van der Waals surface area contributed by atoms with Gasteiger partial charge in [0, 0.05) is 25.7 Å². The first kappa shape index (κ1) is 15.7. The van der Waals surface area contributed by atoms with Gasteiger partial charge in [0.05, 0.1) is 0 Å². The van der Waals surface area contributed by atoms with Gasteiger partial charge in [0.15, 0.2) is 0 Å². The predicted molar refractivity (Wildman–Crippen MR) is 81.4 cm³/mol. The van der Waals surface area contributed by atoms with Crippen molar-refractivity contribution in [1.29, 1.82) is 0 Å². The molecule has 0 fully saturated rings. The Hall–Kier alpha value is -1.36. The van der Waals surface area contributed by atoms with Crippen LogP contribution in [0.2, 0.25) is 0 Å². The number of nitrogens with one attached hydrogen (secondary N) is 2. The molecule has 0 unspecified atom stereocenters. The van der Waals surface area contributed by atoms with Crippen molar-refractivity contribution in [2.75, 3.05) is 30.3 Å². The number of hydrogen-bond donors (Lipinski definition) is 3. The molecule has 0 amide bonds. The van der Waals surface area contributed by atoms with E-state index in [1.165, 1.54) is 0 Å². The molecule has 108 valence electrons. The zero-order valence-corrected chi connectivity index (χ0v) is 12.7. The van der Waals surface area contributed by atoms with Gasteiger partial charge in [-0.15, -0.1) is 0 Å². The van der Waals surface area contributed by atoms with Crippen molar-refractivity contribution in [3.8, 4) is 0 Å². The quantitative estimate of drug-likeness (QED) is 0.705. The van der Waals surface area contributed by atoms with Crippen molar-refractivity contribution >= 4 is 11.6 Å². The molecule has 0 aliphatic heterocycles. The van der Waals surface area contributed by atoms with E-state index in [0.717, 1.165) is 24.0 Å². The molecule has 0 spiro atoms. The third-order valence-electron chi connectivity index (χ3n) is 3.58. The summed E-state index contributed by atoms with van der Waals surface area (Å²) in [5.74, 6) is 3.05. The number of anilines is 2. The van der Waals surface area contributed by atoms with Gasteiger partial charge in [-0.1, -0.05) is 27.7 Å². The normalized spacial score (nSPS) is 11.7. The fraction of sp³-hybridized carbons (Fsp3) is 0.714. The zero-order chi connectivity index (χ0) is 14.5. The van der Waals surface area contributed by atoms with Gasteiger partial charge in [-0.05, 0) is 18.3 Å². The molecule has 5 nitrogen and oxygen atoms in total. The molecule has 0 aliphatic rings. The van der Waals surface area contributed by atoms with E-state index in [1.807, 2.05) is 13.0 Å². The minimum Gasteiger partial charge on any atom is -0.369 e. The Morgan fingerprint density at radius 2 is 1.79 bits per heavy atom. The van der Waals surface area contributed by atoms with Crippen molar-refractivity contribution in [3.63, 3.8) is 0 Å². The molecule has 5 heteroatoms. The third-order valence-corrected chi connectivity index (χ3v) is 3.58. The highest BCUT2D eigenvalue weighted by molar-refractivity contribution is 5.47. The molecular weight excluding hydrogens is 238 g/mol. The van der Waals surface area contributed by atoms with Crippen LogP contribution >= 0.6 is 0 Å². The van der Waals surface area contributed by atoms with E-state index in [2.05, 4.69) is 48.3 Å². The first-order valence-electron chi connectivity index (χ1n) is 6.88. The Bertz CT molecular complexity index is 401. The lowest BCUT2D eigenvalue weighted by atomic mass is 9.81. The van der Waals surface area contributed by atoms with E-state index >= 15 is 0 Å². The van der Waals surface area contributed by atoms with Crippen LogP contribution in [0, 0.1) is 18.3 Å². The Kier molecular flexibility index (Phi) is 5.54. The molecule has 1 aromatic heterocycles. The zero-order valence-electron chi connectivity index (χ0n) is 12.7. The summed E-state index contributed by atoms with van der Waals surface area (Å²) in [5, 5.41) is 6.58. The molecular formula is C14H27N5. The van der Waals surface area contributed by atoms with E-state index in [9.17, 15) is 0 Å². The van der Waals surface area contributed by atoms with Crippen LogP contribution in [0.3, 0.4) is 0 Å². The molecule has 4 N–H and O–H groups in total. The van der Waals surface area contributed by atoms with E-state index in [0.29, 0.717) is 19.0 Å². The molecule has 0 aliphatic carbocycles. The van der Waals surface area contributed by atoms with E-state index in [-0.39, 0.29) is 5.41 Å². The molecule has 0 saturated heterocycles. The molecule has 0 radical (unpaired) electrons. The summed E-state index contributed by atoms with van der Waals surface area (Å²) in [4.78, 5) is 8.74. The van der Waals surface area contributed by atoms with Crippen molar-refractivity contribution in [2.24, 2.45) is 17.1 Å². The van der Waals surface area contributed by atoms with Crippen LogP contribution in [0.4, 0.5) is 11.6 Å². The standard InChI is InChI=1S/C14H27N5/c1-10(2)14(4,5)9-17-13-8-12(16-7-6-15)18-11(3)19-13/h8,10H,6-7,9,15H2,1-5H3,(H2,16,17,18,19). The van der Waals surface area contributed by atoms with Crippen molar-refractivity contribution < 1.29 is 0 Å². The molecule has 0 aromatic carbocycles. The smallest absolute Gasteiger partial charge is 0.131 e. The summed E-state index contributed by atoms with van der Waals surface area (Å²) < 4.78 is 0. The summed E-state index contributed by atoms with van der Waals surface area (Å²) in [6, 6.07) is 1.93. The fourth-order valence-corrected chi connectivity index (χ4v) is 1.47. The first-order chi connectivity index (χ1) is 8.85. The second-order valence-electron chi connectivity index (χ2n) is 5.90. The lowest BCUT2D eigenvalue weighted by Crippen LogP contribution is -2.29. The summed E-state index contributed by atoms with van der Waals surface area (Å²) >= 11 is 0. The lowest BCUT2D eigenvalue weighted by Gasteiger charge is -2.29. The van der Waals surface area contributed by atoms with Crippen LogP contribution in [-0.2, 0) is 0 Å². The van der Waals surface area contributed by atoms with Gasteiger partial charge in [0.2, 0.25) is 0 Å². The molecule has 0 bridgehead atoms. The van der Waals surface area contributed by atoms with Crippen LogP contribution in [0.15, 0.2) is 6.07 Å². The number of aromatic nitrogens is 2. The Morgan fingerprint density at radius 3 is 2.32 bits per heavy atom. The summed E-state index contributed by atoms with van der Waals surface area (Å²) in [6.07, 6.45) is 0. The van der Waals surface area contributed by atoms with E-state index < -0.39 is 0 Å². The van der Waals surface area contributed by atoms with Gasteiger partial charge in [0.25, 0.3) is 0 Å². The highest BCUT2D eigenvalue weighted by atomic mass is 15.1. The second kappa shape index (κ2) is 6.70. The summed E-state index contributed by atoms with van der Waals surface area (Å²) in [6.45, 7) is 13.1. The van der Waals surface area contributed by atoms with Crippen LogP contribution in [0.25, 0.3) is 0 Å². The average molecular weight is 265 g/mol. The number of aryl methyl sites for hydroxylation is 1. The van der Waals surface area contributed by atoms with Crippen LogP contribution < -0.4 is 16.4 Å². The molecule has 0 atom stereocenters. The number of nitrogens with two attached hydrogens (primary N) is 1. The topological polar surface area (TPSA) is 75.9 Å². The Balaban J connectivity index is 2.70. The number of rotatable bonds is 7. The molecule has 19 heavy (non-hydrogen) atoms. The molecule has 1 heterocycles. The van der Waals surface area contributed by atoms with Crippen molar-refractivity contribution in [2.45, 2.75) is 34.6 Å². The van der Waals surface area contributed by atoms with Gasteiger partial charge >= 0.3 is 0 Å². The Labute approximate surface area is 116 Å². The maximum atomic E-state index is 5.48. The van der Waals surface area contributed by atoms with Crippen LogP contribution in [0.1, 0.15) is 33.5 Å². The minimum atomic E-state index is 0.226. The number of hydrogen-bond acceptors (Lipinski definition) is 5. The van der Waals surface area contributed by atoms with Crippen molar-refractivity contribution in [3.05, 3.63) is 11.9 Å². The van der Waals surface area contributed by atoms with Gasteiger partial charge in [0.1, 0.15) is 17.5 Å². The highest BCUT2D eigenvalue weighted by Gasteiger charge is 2.22. The average Bonchev–Trinajstić information content (AvgIpc) is 2.33. The van der Waals surface area contributed by atoms with Gasteiger partial charge in [-0.2, -0.15) is 0 Å². The SMILES string of the molecule is Cc1nc(NCCN)cc(NCC(C)(C)C(C)C)n1. The summed E-state index contributed by atoms with van der Waals surface area (Å²) in [5.41, 5.74) is 5.71. The van der Waals surface area contributed by atoms with Gasteiger partial charge in [-0.3, -0.25) is 0 Å². The highest BCUT2D eigenvalue weighted by Crippen LogP contribution is 2.26. The van der Waals surface area contributed by atoms with Crippen LogP contribution in [0.5, 0.6) is 0 Å². The largest absolute Gasteiger partial charge is 0.369 e.